The summed E-state index contributed by atoms with van der Waals surface area (Å²) >= 11 is 3.96. The number of hydrogen-bond donors (Lipinski definition) is 2. The zero-order valence-corrected chi connectivity index (χ0v) is 14.7. The molecular formula is C13H16N4O2S3. The number of carbonyl (C=O) groups excluding carboxylic acids is 2. The van der Waals surface area contributed by atoms with Gasteiger partial charge in [0, 0.05) is 6.54 Å². The molecule has 2 amide bonds. The Balaban J connectivity index is 1.83. The number of nitrogens with zero attached hydrogens (tertiary/aromatic N) is 2. The zero-order valence-electron chi connectivity index (χ0n) is 12.2. The molecule has 0 atom stereocenters. The van der Waals surface area contributed by atoms with Gasteiger partial charge in [0.05, 0.1) is 10.6 Å². The molecule has 0 aliphatic heterocycles. The minimum absolute atomic E-state index is 0.0262. The van der Waals surface area contributed by atoms with E-state index in [9.17, 15) is 9.59 Å². The minimum atomic E-state index is -0.188. The van der Waals surface area contributed by atoms with Gasteiger partial charge in [-0.1, -0.05) is 30.0 Å². The van der Waals surface area contributed by atoms with E-state index in [4.69, 9.17) is 0 Å². The number of thiophene rings is 1. The summed E-state index contributed by atoms with van der Waals surface area (Å²) < 4.78 is 0.657. The molecule has 9 heteroatoms. The number of anilines is 1. The third kappa shape index (κ3) is 5.08. The molecule has 0 fully saturated rings. The van der Waals surface area contributed by atoms with Crippen LogP contribution in [0.4, 0.5) is 5.13 Å². The van der Waals surface area contributed by atoms with Gasteiger partial charge in [0.1, 0.15) is 0 Å². The van der Waals surface area contributed by atoms with Gasteiger partial charge < -0.3 is 5.32 Å². The standard InChI is InChI=1S/C13H16N4O2S3/c1-3-4-14-10(18)7-21-13-17-16-12(22-13)15-11(19)9-5-8(2)6-20-9/h5-6H,3-4,7H2,1-2H3,(H,14,18)(H,15,16,19). The van der Waals surface area contributed by atoms with Crippen molar-refractivity contribution in [2.45, 2.75) is 24.6 Å². The SMILES string of the molecule is CCCNC(=O)CSc1nnc(NC(=O)c2cc(C)cs2)s1. The Kier molecular flexibility index (Phi) is 6.34. The maximum absolute atomic E-state index is 12.0. The van der Waals surface area contributed by atoms with Crippen LogP contribution in [-0.4, -0.2) is 34.3 Å². The summed E-state index contributed by atoms with van der Waals surface area (Å²) in [4.78, 5) is 24.1. The topological polar surface area (TPSA) is 84.0 Å². The van der Waals surface area contributed by atoms with Crippen molar-refractivity contribution in [3.8, 4) is 0 Å². The molecule has 0 aromatic carbocycles. The molecule has 2 N–H and O–H groups in total. The van der Waals surface area contributed by atoms with Gasteiger partial charge in [0.15, 0.2) is 4.34 Å². The second-order valence-corrected chi connectivity index (χ2v) is 7.57. The molecule has 2 rings (SSSR count). The number of rotatable bonds is 7. The van der Waals surface area contributed by atoms with Crippen LogP contribution in [0, 0.1) is 6.92 Å². The van der Waals surface area contributed by atoms with Crippen LogP contribution in [0.5, 0.6) is 0 Å². The number of amides is 2. The summed E-state index contributed by atoms with van der Waals surface area (Å²) in [5.74, 6) is 0.0837. The Morgan fingerprint density at radius 1 is 1.36 bits per heavy atom. The van der Waals surface area contributed by atoms with Gasteiger partial charge in [0.25, 0.3) is 5.91 Å². The van der Waals surface area contributed by atoms with E-state index in [1.807, 2.05) is 25.3 Å². The van der Waals surface area contributed by atoms with E-state index in [0.29, 0.717) is 26.6 Å². The van der Waals surface area contributed by atoms with Gasteiger partial charge in [-0.3, -0.25) is 14.9 Å². The zero-order chi connectivity index (χ0) is 15.9. The number of nitrogens with one attached hydrogen (secondary N) is 2. The Bertz CT molecular complexity index is 653. The van der Waals surface area contributed by atoms with E-state index < -0.39 is 0 Å². The largest absolute Gasteiger partial charge is 0.355 e. The van der Waals surface area contributed by atoms with E-state index in [0.717, 1.165) is 12.0 Å². The monoisotopic (exact) mass is 356 g/mol. The highest BCUT2D eigenvalue weighted by Crippen LogP contribution is 2.26. The maximum atomic E-state index is 12.0. The minimum Gasteiger partial charge on any atom is -0.355 e. The molecule has 0 aliphatic carbocycles. The Labute approximate surface area is 140 Å². The second kappa shape index (κ2) is 8.25. The predicted molar refractivity (Wildman–Crippen MR) is 90.9 cm³/mol. The number of hydrogen-bond acceptors (Lipinski definition) is 7. The first-order valence-electron chi connectivity index (χ1n) is 6.68. The quantitative estimate of drug-likeness (QED) is 0.589. The first kappa shape index (κ1) is 16.9. The Morgan fingerprint density at radius 2 is 2.18 bits per heavy atom. The predicted octanol–water partition coefficient (Wildman–Crippen LogP) is 2.78. The highest BCUT2D eigenvalue weighted by molar-refractivity contribution is 8.01. The van der Waals surface area contributed by atoms with Crippen LogP contribution in [0.25, 0.3) is 0 Å². The van der Waals surface area contributed by atoms with Gasteiger partial charge in [-0.25, -0.2) is 0 Å². The summed E-state index contributed by atoms with van der Waals surface area (Å²) in [6.45, 7) is 4.62. The van der Waals surface area contributed by atoms with E-state index in [-0.39, 0.29) is 11.8 Å². The third-order valence-corrected chi connectivity index (χ3v) is 5.50. The molecule has 0 unspecified atom stereocenters. The number of aromatic nitrogens is 2. The van der Waals surface area contributed by atoms with E-state index in [1.165, 1.54) is 34.4 Å². The maximum Gasteiger partial charge on any atom is 0.267 e. The number of carbonyl (C=O) groups is 2. The van der Waals surface area contributed by atoms with Crippen LogP contribution in [0.2, 0.25) is 0 Å². The number of thioether (sulfide) groups is 1. The summed E-state index contributed by atoms with van der Waals surface area (Å²) in [5, 5.41) is 15.7. The van der Waals surface area contributed by atoms with Crippen molar-refractivity contribution < 1.29 is 9.59 Å². The lowest BCUT2D eigenvalue weighted by Crippen LogP contribution is -2.25. The van der Waals surface area contributed by atoms with E-state index >= 15 is 0 Å². The van der Waals surface area contributed by atoms with Crippen molar-refractivity contribution in [1.29, 1.82) is 0 Å². The van der Waals surface area contributed by atoms with E-state index in [2.05, 4.69) is 20.8 Å². The summed E-state index contributed by atoms with van der Waals surface area (Å²) in [6, 6.07) is 1.83. The second-order valence-electron chi connectivity index (χ2n) is 4.45. The smallest absolute Gasteiger partial charge is 0.267 e. The lowest BCUT2D eigenvalue weighted by molar-refractivity contribution is -0.118. The molecule has 2 aromatic rings. The van der Waals surface area contributed by atoms with Gasteiger partial charge in [0.2, 0.25) is 11.0 Å². The molecule has 22 heavy (non-hydrogen) atoms. The average molecular weight is 356 g/mol. The average Bonchev–Trinajstić information content (AvgIpc) is 3.12. The highest BCUT2D eigenvalue weighted by Gasteiger charge is 2.12. The molecule has 6 nitrogen and oxygen atoms in total. The van der Waals surface area contributed by atoms with Crippen molar-refractivity contribution in [2.24, 2.45) is 0 Å². The number of aryl methyl sites for hydroxylation is 1. The lowest BCUT2D eigenvalue weighted by Gasteiger charge is -2.00. The third-order valence-electron chi connectivity index (χ3n) is 2.48. The molecule has 0 saturated heterocycles. The fraction of sp³-hybridized carbons (Fsp3) is 0.385. The fourth-order valence-electron chi connectivity index (χ4n) is 1.47. The van der Waals surface area contributed by atoms with Gasteiger partial charge >= 0.3 is 0 Å². The molecule has 2 aromatic heterocycles. The van der Waals surface area contributed by atoms with Gasteiger partial charge in [-0.05, 0) is 30.4 Å². The van der Waals surface area contributed by atoms with Crippen LogP contribution < -0.4 is 10.6 Å². The molecular weight excluding hydrogens is 340 g/mol. The van der Waals surface area contributed by atoms with Crippen molar-refractivity contribution in [3.05, 3.63) is 21.9 Å². The normalized spacial score (nSPS) is 10.5. The Morgan fingerprint density at radius 3 is 2.86 bits per heavy atom. The summed E-state index contributed by atoms with van der Waals surface area (Å²) in [7, 11) is 0. The van der Waals surface area contributed by atoms with Gasteiger partial charge in [-0.2, -0.15) is 0 Å². The first-order chi connectivity index (χ1) is 10.6. The fourth-order valence-corrected chi connectivity index (χ4v) is 3.84. The van der Waals surface area contributed by atoms with Crippen LogP contribution in [-0.2, 0) is 4.79 Å². The van der Waals surface area contributed by atoms with Crippen LogP contribution >= 0.6 is 34.4 Å². The molecule has 2 heterocycles. The first-order valence-corrected chi connectivity index (χ1v) is 9.36. The van der Waals surface area contributed by atoms with Crippen molar-refractivity contribution >= 4 is 51.4 Å². The molecule has 118 valence electrons. The highest BCUT2D eigenvalue weighted by atomic mass is 32.2. The van der Waals surface area contributed by atoms with Crippen molar-refractivity contribution in [2.75, 3.05) is 17.6 Å². The summed E-state index contributed by atoms with van der Waals surface area (Å²) in [6.07, 6.45) is 0.910. The molecule has 0 radical (unpaired) electrons. The van der Waals surface area contributed by atoms with Gasteiger partial charge in [-0.15, -0.1) is 21.5 Å². The lowest BCUT2D eigenvalue weighted by atomic mass is 10.3. The molecule has 0 bridgehead atoms. The van der Waals surface area contributed by atoms with Crippen molar-refractivity contribution in [1.82, 2.24) is 15.5 Å². The molecule has 0 aliphatic rings. The molecule has 0 saturated carbocycles. The van der Waals surface area contributed by atoms with Crippen molar-refractivity contribution in [3.63, 3.8) is 0 Å². The van der Waals surface area contributed by atoms with Crippen LogP contribution in [0.3, 0.4) is 0 Å². The van der Waals surface area contributed by atoms with E-state index in [1.54, 1.807) is 0 Å². The van der Waals surface area contributed by atoms with Crippen LogP contribution in [0.1, 0.15) is 28.6 Å². The van der Waals surface area contributed by atoms with Crippen LogP contribution in [0.15, 0.2) is 15.8 Å². The molecule has 0 spiro atoms. The summed E-state index contributed by atoms with van der Waals surface area (Å²) in [5.41, 5.74) is 1.06. The Hall–Kier alpha value is -1.45.